The van der Waals surface area contributed by atoms with Crippen molar-refractivity contribution in [1.29, 1.82) is 0 Å². The van der Waals surface area contributed by atoms with E-state index in [4.69, 9.17) is 0 Å². The first kappa shape index (κ1) is 15.3. The van der Waals surface area contributed by atoms with Crippen LogP contribution in [0.4, 0.5) is 5.69 Å². The van der Waals surface area contributed by atoms with Gasteiger partial charge in [-0.25, -0.2) is 8.42 Å². The Labute approximate surface area is 131 Å². The molecule has 0 radical (unpaired) electrons. The third-order valence-corrected chi connectivity index (χ3v) is 6.27. The third-order valence-electron chi connectivity index (χ3n) is 4.52. The van der Waals surface area contributed by atoms with Gasteiger partial charge in [0.2, 0.25) is 0 Å². The molecular weight excluding hydrogens is 302 g/mol. The van der Waals surface area contributed by atoms with E-state index in [-0.39, 0.29) is 23.5 Å². The first-order valence-corrected chi connectivity index (χ1v) is 9.47. The zero-order chi connectivity index (χ0) is 15.7. The predicted octanol–water partition coefficient (Wildman–Crippen LogP) is 0.941. The van der Waals surface area contributed by atoms with Gasteiger partial charge in [0.25, 0.3) is 5.91 Å². The highest BCUT2D eigenvalue weighted by molar-refractivity contribution is 7.91. The molecule has 6 nitrogen and oxygen atoms in total. The van der Waals surface area contributed by atoms with Gasteiger partial charge in [-0.2, -0.15) is 0 Å². The summed E-state index contributed by atoms with van der Waals surface area (Å²) in [6, 6.07) is 3.57. The maximum atomic E-state index is 12.4. The van der Waals surface area contributed by atoms with Crippen LogP contribution < -0.4 is 4.90 Å². The molecule has 2 aliphatic rings. The smallest absolute Gasteiger partial charge is 0.272 e. The third kappa shape index (κ3) is 3.09. The minimum Gasteiger partial charge on any atom is -0.370 e. The van der Waals surface area contributed by atoms with Crippen LogP contribution >= 0.6 is 0 Å². The minimum atomic E-state index is -2.92. The zero-order valence-corrected chi connectivity index (χ0v) is 13.6. The molecule has 120 valence electrons. The lowest BCUT2D eigenvalue weighted by Crippen LogP contribution is -2.33. The van der Waals surface area contributed by atoms with Crippen molar-refractivity contribution in [2.75, 3.05) is 36.5 Å². The van der Waals surface area contributed by atoms with Gasteiger partial charge in [0.05, 0.1) is 11.5 Å². The summed E-state index contributed by atoms with van der Waals surface area (Å²) in [6.07, 6.45) is 4.35. The van der Waals surface area contributed by atoms with E-state index in [9.17, 15) is 13.2 Å². The van der Waals surface area contributed by atoms with E-state index >= 15 is 0 Å². The van der Waals surface area contributed by atoms with Gasteiger partial charge in [-0.15, -0.1) is 0 Å². The molecule has 0 bridgehead atoms. The van der Waals surface area contributed by atoms with Gasteiger partial charge in [0.15, 0.2) is 9.84 Å². The van der Waals surface area contributed by atoms with Gasteiger partial charge < -0.3 is 9.80 Å². The molecule has 1 unspecified atom stereocenters. The van der Waals surface area contributed by atoms with Gasteiger partial charge in [0, 0.05) is 38.1 Å². The number of nitrogens with zero attached hydrogens (tertiary/aromatic N) is 3. The summed E-state index contributed by atoms with van der Waals surface area (Å²) in [5.41, 5.74) is 1.28. The average molecular weight is 323 g/mol. The van der Waals surface area contributed by atoms with E-state index < -0.39 is 9.84 Å². The number of sulfone groups is 1. The highest BCUT2D eigenvalue weighted by Gasteiger charge is 2.31. The molecular formula is C15H21N3O3S. The highest BCUT2D eigenvalue weighted by Crippen LogP contribution is 2.23. The first-order valence-electron chi connectivity index (χ1n) is 7.65. The summed E-state index contributed by atoms with van der Waals surface area (Å²) in [5.74, 6) is 0.389. The van der Waals surface area contributed by atoms with Crippen LogP contribution in [0, 0.1) is 0 Å². The fourth-order valence-electron chi connectivity index (χ4n) is 3.13. The van der Waals surface area contributed by atoms with Gasteiger partial charge in [-0.05, 0) is 31.4 Å². The van der Waals surface area contributed by atoms with Crippen molar-refractivity contribution >= 4 is 21.4 Å². The number of anilines is 1. The van der Waals surface area contributed by atoms with Crippen LogP contribution in [0.1, 0.15) is 29.8 Å². The lowest BCUT2D eigenvalue weighted by molar-refractivity contribution is 0.0787. The summed E-state index contributed by atoms with van der Waals surface area (Å²) in [4.78, 5) is 20.4. The second-order valence-corrected chi connectivity index (χ2v) is 8.30. The van der Waals surface area contributed by atoms with E-state index in [1.807, 2.05) is 22.9 Å². The van der Waals surface area contributed by atoms with Gasteiger partial charge in [0.1, 0.15) is 5.69 Å². The number of hydrogen-bond donors (Lipinski definition) is 0. The number of pyridine rings is 1. The van der Waals surface area contributed by atoms with E-state index in [1.165, 1.54) is 0 Å². The molecule has 0 N–H and O–H groups in total. The Kier molecular flexibility index (Phi) is 4.08. The minimum absolute atomic E-state index is 0.0258. The molecule has 0 aromatic carbocycles. The number of amides is 1. The molecule has 1 atom stereocenters. The number of aromatic nitrogens is 1. The van der Waals surface area contributed by atoms with Crippen molar-refractivity contribution in [2.24, 2.45) is 0 Å². The standard InChI is InChI=1S/C15H21N3O3S/c1-17(13-5-9-22(20,21)11-13)12-4-6-16-14(10-12)15(19)18-7-2-3-8-18/h4,6,10,13H,2-3,5,7-9,11H2,1H3. The topological polar surface area (TPSA) is 70.6 Å². The molecule has 1 aromatic rings. The second-order valence-electron chi connectivity index (χ2n) is 6.07. The summed E-state index contributed by atoms with van der Waals surface area (Å²) >= 11 is 0. The fourth-order valence-corrected chi connectivity index (χ4v) is 4.90. The van der Waals surface area contributed by atoms with E-state index in [1.54, 1.807) is 12.3 Å². The van der Waals surface area contributed by atoms with Crippen LogP contribution in [-0.2, 0) is 9.84 Å². The lowest BCUT2D eigenvalue weighted by Gasteiger charge is -2.26. The summed E-state index contributed by atoms with van der Waals surface area (Å²) < 4.78 is 23.3. The van der Waals surface area contributed by atoms with Crippen molar-refractivity contribution in [2.45, 2.75) is 25.3 Å². The molecule has 2 fully saturated rings. The normalized spacial score (nSPS) is 23.7. The van der Waals surface area contributed by atoms with Crippen LogP contribution in [-0.4, -0.2) is 61.9 Å². The molecule has 3 heterocycles. The molecule has 7 heteroatoms. The van der Waals surface area contributed by atoms with Crippen molar-refractivity contribution < 1.29 is 13.2 Å². The molecule has 0 aliphatic carbocycles. The van der Waals surface area contributed by atoms with E-state index in [2.05, 4.69) is 4.98 Å². The lowest BCUT2D eigenvalue weighted by atomic mass is 10.2. The zero-order valence-electron chi connectivity index (χ0n) is 12.7. The highest BCUT2D eigenvalue weighted by atomic mass is 32.2. The van der Waals surface area contributed by atoms with Crippen molar-refractivity contribution in [3.8, 4) is 0 Å². The molecule has 2 saturated heterocycles. The van der Waals surface area contributed by atoms with E-state index in [0.29, 0.717) is 12.1 Å². The number of carbonyl (C=O) groups excluding carboxylic acids is 1. The van der Waals surface area contributed by atoms with Gasteiger partial charge in [-0.3, -0.25) is 9.78 Å². The Bertz CT molecular complexity index is 668. The summed E-state index contributed by atoms with van der Waals surface area (Å²) in [6.45, 7) is 1.59. The Hall–Kier alpha value is -1.63. The van der Waals surface area contributed by atoms with Crippen LogP contribution in [0.2, 0.25) is 0 Å². The number of carbonyl (C=O) groups is 1. The Morgan fingerprint density at radius 2 is 2.09 bits per heavy atom. The summed E-state index contributed by atoms with van der Waals surface area (Å²) in [5, 5.41) is 0. The van der Waals surface area contributed by atoms with Crippen LogP contribution in [0.3, 0.4) is 0 Å². The molecule has 2 aliphatic heterocycles. The molecule has 1 amide bonds. The second kappa shape index (κ2) is 5.87. The van der Waals surface area contributed by atoms with Crippen molar-refractivity contribution in [3.05, 3.63) is 24.0 Å². The Morgan fingerprint density at radius 3 is 2.73 bits per heavy atom. The first-order chi connectivity index (χ1) is 10.5. The average Bonchev–Trinajstić information content (AvgIpc) is 3.15. The van der Waals surface area contributed by atoms with Crippen LogP contribution in [0.25, 0.3) is 0 Å². The molecule has 3 rings (SSSR count). The van der Waals surface area contributed by atoms with Crippen molar-refractivity contribution in [3.63, 3.8) is 0 Å². The maximum absolute atomic E-state index is 12.4. The number of rotatable bonds is 3. The fraction of sp³-hybridized carbons (Fsp3) is 0.600. The SMILES string of the molecule is CN(c1ccnc(C(=O)N2CCCC2)c1)C1CCS(=O)(=O)C1. The number of hydrogen-bond acceptors (Lipinski definition) is 5. The van der Waals surface area contributed by atoms with E-state index in [0.717, 1.165) is 31.6 Å². The molecule has 22 heavy (non-hydrogen) atoms. The largest absolute Gasteiger partial charge is 0.370 e. The monoisotopic (exact) mass is 323 g/mol. The molecule has 1 aromatic heterocycles. The Balaban J connectivity index is 1.77. The maximum Gasteiger partial charge on any atom is 0.272 e. The van der Waals surface area contributed by atoms with Crippen molar-refractivity contribution in [1.82, 2.24) is 9.88 Å². The van der Waals surface area contributed by atoms with Gasteiger partial charge in [-0.1, -0.05) is 0 Å². The molecule has 0 spiro atoms. The van der Waals surface area contributed by atoms with Gasteiger partial charge >= 0.3 is 0 Å². The Morgan fingerprint density at radius 1 is 1.36 bits per heavy atom. The van der Waals surface area contributed by atoms with Crippen LogP contribution in [0.15, 0.2) is 18.3 Å². The number of likely N-dealkylation sites (tertiary alicyclic amines) is 1. The quantitative estimate of drug-likeness (QED) is 0.828. The van der Waals surface area contributed by atoms with Crippen LogP contribution in [0.5, 0.6) is 0 Å². The summed E-state index contributed by atoms with van der Waals surface area (Å²) in [7, 11) is -1.04. The molecule has 0 saturated carbocycles. The predicted molar refractivity (Wildman–Crippen MR) is 84.8 cm³/mol.